The molecule has 0 heterocycles. The average molecular weight is 290 g/mol. The van der Waals surface area contributed by atoms with E-state index in [9.17, 15) is 9.59 Å². The van der Waals surface area contributed by atoms with Crippen LogP contribution in [-0.4, -0.2) is 18.9 Å². The molecule has 1 aromatic carbocycles. The Bertz CT molecular complexity index is 479. The van der Waals surface area contributed by atoms with Crippen LogP contribution in [0.5, 0.6) is 5.75 Å². The van der Waals surface area contributed by atoms with E-state index in [1.807, 2.05) is 12.1 Å². The van der Waals surface area contributed by atoms with Crippen molar-refractivity contribution < 1.29 is 14.3 Å². The number of nitrogens with one attached hydrogen (secondary N) is 2. The minimum Gasteiger partial charge on any atom is -0.497 e. The molecule has 0 radical (unpaired) electrons. The monoisotopic (exact) mass is 290 g/mol. The molecule has 0 saturated heterocycles. The molecule has 1 aromatic rings. The van der Waals surface area contributed by atoms with Crippen LogP contribution in [0, 0.1) is 5.92 Å². The fourth-order valence-corrected chi connectivity index (χ4v) is 2.64. The minimum absolute atomic E-state index is 0.106. The van der Waals surface area contributed by atoms with Gasteiger partial charge >= 0.3 is 0 Å². The quantitative estimate of drug-likeness (QED) is 0.815. The lowest BCUT2D eigenvalue weighted by molar-refractivity contribution is -0.129. The number of amides is 2. The zero-order valence-corrected chi connectivity index (χ0v) is 12.4. The molecular weight excluding hydrogens is 268 g/mol. The average Bonchev–Trinajstić information content (AvgIpc) is 2.99. The molecule has 21 heavy (non-hydrogen) atoms. The van der Waals surface area contributed by atoms with Gasteiger partial charge in [0.2, 0.25) is 11.8 Å². The van der Waals surface area contributed by atoms with Gasteiger partial charge in [-0.15, -0.1) is 0 Å². The molecule has 0 atom stereocenters. The number of carbonyl (C=O) groups excluding carboxylic acids is 2. The van der Waals surface area contributed by atoms with Crippen molar-refractivity contribution in [3.05, 3.63) is 29.8 Å². The summed E-state index contributed by atoms with van der Waals surface area (Å²) in [6, 6.07) is 7.28. The van der Waals surface area contributed by atoms with Gasteiger partial charge in [0.15, 0.2) is 0 Å². The molecule has 0 spiro atoms. The molecule has 0 aliphatic heterocycles. The molecule has 0 aromatic heterocycles. The van der Waals surface area contributed by atoms with Crippen molar-refractivity contribution in [2.45, 2.75) is 38.5 Å². The lowest BCUT2D eigenvalue weighted by Crippen LogP contribution is -2.42. The highest BCUT2D eigenvalue weighted by molar-refractivity contribution is 5.83. The first kappa shape index (κ1) is 15.4. The fraction of sp³-hybridized carbons (Fsp3) is 0.500. The van der Waals surface area contributed by atoms with Crippen LogP contribution >= 0.6 is 0 Å². The Labute approximate surface area is 125 Å². The Hall–Kier alpha value is -2.04. The highest BCUT2D eigenvalue weighted by Gasteiger charge is 2.18. The number of ether oxygens (including phenoxy) is 1. The summed E-state index contributed by atoms with van der Waals surface area (Å²) in [4.78, 5) is 23.4. The third kappa shape index (κ3) is 5.10. The summed E-state index contributed by atoms with van der Waals surface area (Å²) >= 11 is 0. The number of carbonyl (C=O) groups is 2. The van der Waals surface area contributed by atoms with Gasteiger partial charge in [0.05, 0.1) is 13.5 Å². The van der Waals surface area contributed by atoms with Crippen molar-refractivity contribution in [1.29, 1.82) is 0 Å². The van der Waals surface area contributed by atoms with Crippen LogP contribution < -0.4 is 15.6 Å². The second-order valence-corrected chi connectivity index (χ2v) is 5.48. The first-order valence-electron chi connectivity index (χ1n) is 7.38. The summed E-state index contributed by atoms with van der Waals surface area (Å²) in [5.41, 5.74) is 5.83. The highest BCUT2D eigenvalue weighted by atomic mass is 16.5. The molecule has 1 fully saturated rings. The van der Waals surface area contributed by atoms with Crippen LogP contribution in [0.2, 0.25) is 0 Å². The van der Waals surface area contributed by atoms with Crippen molar-refractivity contribution in [3.8, 4) is 5.75 Å². The highest BCUT2D eigenvalue weighted by Crippen LogP contribution is 2.27. The zero-order chi connectivity index (χ0) is 15.1. The normalized spacial score (nSPS) is 14.7. The van der Waals surface area contributed by atoms with Crippen LogP contribution in [-0.2, 0) is 16.0 Å². The second-order valence-electron chi connectivity index (χ2n) is 5.48. The van der Waals surface area contributed by atoms with E-state index >= 15 is 0 Å². The lowest BCUT2D eigenvalue weighted by Gasteiger charge is -2.10. The smallest absolute Gasteiger partial charge is 0.242 e. The minimum atomic E-state index is -0.222. The van der Waals surface area contributed by atoms with Gasteiger partial charge in [0, 0.05) is 6.42 Å². The molecule has 0 bridgehead atoms. The molecule has 5 nitrogen and oxygen atoms in total. The Morgan fingerprint density at radius 3 is 2.33 bits per heavy atom. The summed E-state index contributed by atoms with van der Waals surface area (Å²) in [5, 5.41) is 0. The zero-order valence-electron chi connectivity index (χ0n) is 12.4. The number of hydrogen-bond acceptors (Lipinski definition) is 3. The molecule has 1 aliphatic carbocycles. The number of hydrazine groups is 1. The predicted octanol–water partition coefficient (Wildman–Crippen LogP) is 1.97. The molecule has 2 N–H and O–H groups in total. The van der Waals surface area contributed by atoms with Crippen LogP contribution in [0.15, 0.2) is 24.3 Å². The molecule has 1 saturated carbocycles. The van der Waals surface area contributed by atoms with Gasteiger partial charge in [-0.2, -0.15) is 0 Å². The molecule has 0 unspecified atom stereocenters. The Kier molecular flexibility index (Phi) is 5.60. The maximum absolute atomic E-state index is 11.8. The maximum Gasteiger partial charge on any atom is 0.242 e. The SMILES string of the molecule is COc1ccc(CC(=O)NNC(=O)CC2CCCC2)cc1. The van der Waals surface area contributed by atoms with Crippen molar-refractivity contribution in [1.82, 2.24) is 10.9 Å². The first-order valence-corrected chi connectivity index (χ1v) is 7.38. The van der Waals surface area contributed by atoms with Gasteiger partial charge in [-0.05, 0) is 36.5 Å². The van der Waals surface area contributed by atoms with Gasteiger partial charge < -0.3 is 4.74 Å². The number of rotatable bonds is 5. The lowest BCUT2D eigenvalue weighted by atomic mass is 10.0. The summed E-state index contributed by atoms with van der Waals surface area (Å²) in [7, 11) is 1.60. The van der Waals surface area contributed by atoms with Crippen molar-refractivity contribution in [2.75, 3.05) is 7.11 Å². The van der Waals surface area contributed by atoms with Crippen LogP contribution in [0.25, 0.3) is 0 Å². The predicted molar refractivity (Wildman–Crippen MR) is 79.6 cm³/mol. The molecule has 2 rings (SSSR count). The van der Waals surface area contributed by atoms with E-state index in [1.54, 1.807) is 19.2 Å². The van der Waals surface area contributed by atoms with E-state index in [1.165, 1.54) is 12.8 Å². The summed E-state index contributed by atoms with van der Waals surface area (Å²) in [6.07, 6.45) is 5.39. The first-order chi connectivity index (χ1) is 10.2. The Balaban J connectivity index is 1.69. The second kappa shape index (κ2) is 7.67. The van der Waals surface area contributed by atoms with E-state index in [-0.39, 0.29) is 18.2 Å². The Morgan fingerprint density at radius 1 is 1.10 bits per heavy atom. The van der Waals surface area contributed by atoms with Gasteiger partial charge in [-0.25, -0.2) is 0 Å². The van der Waals surface area contributed by atoms with E-state index in [0.29, 0.717) is 12.3 Å². The van der Waals surface area contributed by atoms with Crippen molar-refractivity contribution in [3.63, 3.8) is 0 Å². The topological polar surface area (TPSA) is 67.4 Å². The molecule has 1 aliphatic rings. The maximum atomic E-state index is 11.8. The number of benzene rings is 1. The van der Waals surface area contributed by atoms with Gasteiger partial charge in [-0.1, -0.05) is 25.0 Å². The van der Waals surface area contributed by atoms with E-state index in [2.05, 4.69) is 10.9 Å². The summed E-state index contributed by atoms with van der Waals surface area (Å²) in [6.45, 7) is 0. The van der Waals surface area contributed by atoms with Gasteiger partial charge in [0.1, 0.15) is 5.75 Å². The van der Waals surface area contributed by atoms with E-state index in [0.717, 1.165) is 24.2 Å². The fourth-order valence-electron chi connectivity index (χ4n) is 2.64. The molecule has 5 heteroatoms. The van der Waals surface area contributed by atoms with Gasteiger partial charge in [0.25, 0.3) is 0 Å². The van der Waals surface area contributed by atoms with Crippen LogP contribution in [0.1, 0.15) is 37.7 Å². The van der Waals surface area contributed by atoms with E-state index in [4.69, 9.17) is 4.74 Å². The molecule has 114 valence electrons. The van der Waals surface area contributed by atoms with E-state index < -0.39 is 0 Å². The molecular formula is C16H22N2O3. The van der Waals surface area contributed by atoms with Crippen molar-refractivity contribution >= 4 is 11.8 Å². The largest absolute Gasteiger partial charge is 0.497 e. The Morgan fingerprint density at radius 2 is 1.71 bits per heavy atom. The van der Waals surface area contributed by atoms with Crippen molar-refractivity contribution in [2.24, 2.45) is 5.92 Å². The standard InChI is InChI=1S/C16H22N2O3/c1-21-14-8-6-13(7-9-14)11-16(20)18-17-15(19)10-12-4-2-3-5-12/h6-9,12H,2-5,10-11H2,1H3,(H,17,19)(H,18,20). The summed E-state index contributed by atoms with van der Waals surface area (Å²) in [5.74, 6) is 0.900. The molecule has 2 amide bonds. The van der Waals surface area contributed by atoms with Gasteiger partial charge in [-0.3, -0.25) is 20.4 Å². The summed E-state index contributed by atoms with van der Waals surface area (Å²) < 4.78 is 5.06. The van der Waals surface area contributed by atoms with Crippen LogP contribution in [0.3, 0.4) is 0 Å². The third-order valence-electron chi connectivity index (χ3n) is 3.81. The van der Waals surface area contributed by atoms with Crippen LogP contribution in [0.4, 0.5) is 0 Å². The number of hydrogen-bond donors (Lipinski definition) is 2. The third-order valence-corrected chi connectivity index (χ3v) is 3.81. The number of methoxy groups -OCH3 is 1.